The Labute approximate surface area is 119 Å². The number of hydrogen-bond donors (Lipinski definition) is 1. The van der Waals surface area contributed by atoms with E-state index in [0.717, 1.165) is 24.2 Å². The van der Waals surface area contributed by atoms with E-state index in [0.29, 0.717) is 13.1 Å². The van der Waals surface area contributed by atoms with Crippen molar-refractivity contribution in [3.8, 4) is 0 Å². The molecule has 1 N–H and O–H groups in total. The highest BCUT2D eigenvalue weighted by Gasteiger charge is 2.29. The van der Waals surface area contributed by atoms with E-state index in [2.05, 4.69) is 15.1 Å². The molecule has 0 saturated carbocycles. The molecule has 1 unspecified atom stereocenters. The second-order valence-electron chi connectivity index (χ2n) is 5.48. The lowest BCUT2D eigenvalue weighted by molar-refractivity contribution is -0.127. The van der Waals surface area contributed by atoms with Gasteiger partial charge in [0.15, 0.2) is 0 Å². The molecule has 0 spiro atoms. The molecule has 4 nitrogen and oxygen atoms in total. The highest BCUT2D eigenvalue weighted by Crippen LogP contribution is 2.14. The SMILES string of the molecule is CNC(=O)C1CN(Cc2cc(C)cc(F)c2)CCN1C. The number of halogens is 1. The van der Waals surface area contributed by atoms with Gasteiger partial charge in [0.25, 0.3) is 0 Å². The molecule has 110 valence electrons. The number of hydrogen-bond acceptors (Lipinski definition) is 3. The minimum Gasteiger partial charge on any atom is -0.358 e. The summed E-state index contributed by atoms with van der Waals surface area (Å²) in [6.07, 6.45) is 0. The van der Waals surface area contributed by atoms with Crippen molar-refractivity contribution in [2.75, 3.05) is 33.7 Å². The van der Waals surface area contributed by atoms with Crippen LogP contribution in [0.1, 0.15) is 11.1 Å². The van der Waals surface area contributed by atoms with Gasteiger partial charge in [-0.25, -0.2) is 4.39 Å². The molecule has 1 fully saturated rings. The molecule has 1 aromatic carbocycles. The van der Waals surface area contributed by atoms with Crippen LogP contribution in [-0.4, -0.2) is 55.5 Å². The standard InChI is InChI=1S/C15H22FN3O/c1-11-6-12(8-13(16)7-11)9-19-5-4-18(3)14(10-19)15(20)17-2/h6-8,14H,4-5,9-10H2,1-3H3,(H,17,20). The summed E-state index contributed by atoms with van der Waals surface area (Å²) in [5.74, 6) is -0.162. The van der Waals surface area contributed by atoms with Gasteiger partial charge in [-0.2, -0.15) is 0 Å². The van der Waals surface area contributed by atoms with E-state index in [-0.39, 0.29) is 17.8 Å². The Kier molecular flexibility index (Phi) is 4.73. The number of piperazine rings is 1. The zero-order chi connectivity index (χ0) is 14.7. The normalized spacial score (nSPS) is 20.9. The monoisotopic (exact) mass is 279 g/mol. The average Bonchev–Trinajstić information content (AvgIpc) is 2.39. The van der Waals surface area contributed by atoms with Gasteiger partial charge < -0.3 is 5.32 Å². The molecule has 1 aromatic rings. The number of carbonyl (C=O) groups excluding carboxylic acids is 1. The Bertz CT molecular complexity index is 472. The molecule has 0 radical (unpaired) electrons. The van der Waals surface area contributed by atoms with Crippen molar-refractivity contribution in [3.05, 3.63) is 35.1 Å². The molecule has 1 heterocycles. The summed E-state index contributed by atoms with van der Waals surface area (Å²) in [6.45, 7) is 4.97. The lowest BCUT2D eigenvalue weighted by Gasteiger charge is -2.38. The van der Waals surface area contributed by atoms with Crippen molar-refractivity contribution >= 4 is 5.91 Å². The van der Waals surface area contributed by atoms with Gasteiger partial charge in [-0.05, 0) is 37.2 Å². The molecule has 0 aromatic heterocycles. The Hall–Kier alpha value is -1.46. The van der Waals surface area contributed by atoms with Crippen LogP contribution in [0.15, 0.2) is 18.2 Å². The zero-order valence-electron chi connectivity index (χ0n) is 12.3. The lowest BCUT2D eigenvalue weighted by atomic mass is 10.1. The molecule has 1 atom stereocenters. The molecule has 1 saturated heterocycles. The fraction of sp³-hybridized carbons (Fsp3) is 0.533. The fourth-order valence-corrected chi connectivity index (χ4v) is 2.69. The van der Waals surface area contributed by atoms with Crippen LogP contribution < -0.4 is 5.32 Å². The number of nitrogens with one attached hydrogen (secondary N) is 1. The first-order chi connectivity index (χ1) is 9.49. The molecular weight excluding hydrogens is 257 g/mol. The van der Waals surface area contributed by atoms with Gasteiger partial charge in [0.1, 0.15) is 11.9 Å². The number of carbonyl (C=O) groups is 1. The number of benzene rings is 1. The van der Waals surface area contributed by atoms with Crippen LogP contribution in [0.5, 0.6) is 0 Å². The Morgan fingerprint density at radius 3 is 2.80 bits per heavy atom. The van der Waals surface area contributed by atoms with Gasteiger partial charge in [-0.1, -0.05) is 6.07 Å². The maximum atomic E-state index is 13.4. The van der Waals surface area contributed by atoms with Gasteiger partial charge in [-0.15, -0.1) is 0 Å². The summed E-state index contributed by atoms with van der Waals surface area (Å²) in [5, 5.41) is 2.70. The topological polar surface area (TPSA) is 35.6 Å². The highest BCUT2D eigenvalue weighted by molar-refractivity contribution is 5.81. The third-order valence-electron chi connectivity index (χ3n) is 3.79. The summed E-state index contributed by atoms with van der Waals surface area (Å²) in [7, 11) is 3.62. The molecule has 1 aliphatic heterocycles. The maximum absolute atomic E-state index is 13.4. The molecule has 0 aliphatic carbocycles. The van der Waals surface area contributed by atoms with Crippen molar-refractivity contribution < 1.29 is 9.18 Å². The molecule has 20 heavy (non-hydrogen) atoms. The molecule has 2 rings (SSSR count). The lowest BCUT2D eigenvalue weighted by Crippen LogP contribution is -2.56. The minimum atomic E-state index is -0.197. The summed E-state index contributed by atoms with van der Waals surface area (Å²) in [6, 6.07) is 4.96. The van der Waals surface area contributed by atoms with Gasteiger partial charge in [-0.3, -0.25) is 14.6 Å². The van der Waals surface area contributed by atoms with Crippen LogP contribution in [0.2, 0.25) is 0 Å². The summed E-state index contributed by atoms with van der Waals surface area (Å²) < 4.78 is 13.4. The predicted molar refractivity (Wildman–Crippen MR) is 76.9 cm³/mol. The zero-order valence-corrected chi connectivity index (χ0v) is 12.3. The van der Waals surface area contributed by atoms with E-state index >= 15 is 0 Å². The van der Waals surface area contributed by atoms with Gasteiger partial charge in [0.2, 0.25) is 5.91 Å². The van der Waals surface area contributed by atoms with Gasteiger partial charge in [0, 0.05) is 33.2 Å². The first-order valence-electron chi connectivity index (χ1n) is 6.90. The number of amides is 1. The summed E-state index contributed by atoms with van der Waals surface area (Å²) in [4.78, 5) is 16.1. The third-order valence-corrected chi connectivity index (χ3v) is 3.79. The van der Waals surface area contributed by atoms with E-state index in [1.807, 2.05) is 20.0 Å². The van der Waals surface area contributed by atoms with Crippen LogP contribution in [-0.2, 0) is 11.3 Å². The summed E-state index contributed by atoms with van der Waals surface area (Å²) in [5.41, 5.74) is 1.89. The average molecular weight is 279 g/mol. The third kappa shape index (κ3) is 3.55. The van der Waals surface area contributed by atoms with Crippen molar-refractivity contribution in [1.82, 2.24) is 15.1 Å². The van der Waals surface area contributed by atoms with E-state index in [4.69, 9.17) is 0 Å². The van der Waals surface area contributed by atoms with Crippen LogP contribution in [0.25, 0.3) is 0 Å². The Balaban J connectivity index is 2.04. The molecule has 1 aliphatic rings. The molecule has 1 amide bonds. The van der Waals surface area contributed by atoms with Crippen LogP contribution >= 0.6 is 0 Å². The first kappa shape index (κ1) is 14.9. The number of nitrogens with zero attached hydrogens (tertiary/aromatic N) is 2. The van der Waals surface area contributed by atoms with Crippen LogP contribution in [0, 0.1) is 12.7 Å². The maximum Gasteiger partial charge on any atom is 0.238 e. The molecule has 0 bridgehead atoms. The quantitative estimate of drug-likeness (QED) is 0.896. The van der Waals surface area contributed by atoms with Crippen LogP contribution in [0.4, 0.5) is 4.39 Å². The van der Waals surface area contributed by atoms with Crippen molar-refractivity contribution in [3.63, 3.8) is 0 Å². The second kappa shape index (κ2) is 6.33. The van der Waals surface area contributed by atoms with Crippen molar-refractivity contribution in [2.24, 2.45) is 0 Å². The Morgan fingerprint density at radius 1 is 1.40 bits per heavy atom. The van der Waals surface area contributed by atoms with Crippen molar-refractivity contribution in [1.29, 1.82) is 0 Å². The summed E-state index contributed by atoms with van der Waals surface area (Å²) >= 11 is 0. The van der Waals surface area contributed by atoms with Gasteiger partial charge in [0.05, 0.1) is 0 Å². The molecule has 5 heteroatoms. The minimum absolute atomic E-state index is 0.0348. The predicted octanol–water partition coefficient (Wildman–Crippen LogP) is 0.996. The number of aryl methyl sites for hydroxylation is 1. The van der Waals surface area contributed by atoms with Crippen LogP contribution in [0.3, 0.4) is 0 Å². The van der Waals surface area contributed by atoms with E-state index in [1.165, 1.54) is 6.07 Å². The molecular formula is C15H22FN3O. The van der Waals surface area contributed by atoms with Gasteiger partial charge >= 0.3 is 0 Å². The van der Waals surface area contributed by atoms with E-state index < -0.39 is 0 Å². The highest BCUT2D eigenvalue weighted by atomic mass is 19.1. The second-order valence-corrected chi connectivity index (χ2v) is 5.48. The Morgan fingerprint density at radius 2 is 2.15 bits per heavy atom. The van der Waals surface area contributed by atoms with Crippen molar-refractivity contribution in [2.45, 2.75) is 19.5 Å². The van der Waals surface area contributed by atoms with E-state index in [9.17, 15) is 9.18 Å². The largest absolute Gasteiger partial charge is 0.358 e. The number of rotatable bonds is 3. The smallest absolute Gasteiger partial charge is 0.238 e. The fourth-order valence-electron chi connectivity index (χ4n) is 2.69. The number of likely N-dealkylation sites (N-methyl/N-ethyl adjacent to an activating group) is 2. The first-order valence-corrected chi connectivity index (χ1v) is 6.90. The van der Waals surface area contributed by atoms with E-state index in [1.54, 1.807) is 13.1 Å².